The maximum atomic E-state index is 13.4. The van der Waals surface area contributed by atoms with E-state index in [9.17, 15) is 24.9 Å². The van der Waals surface area contributed by atoms with Crippen molar-refractivity contribution in [3.05, 3.63) is 40.9 Å². The van der Waals surface area contributed by atoms with Crippen LogP contribution in [-0.4, -0.2) is 64.9 Å². The third kappa shape index (κ3) is 4.67. The number of ether oxygens (including phenoxy) is 2. The summed E-state index contributed by atoms with van der Waals surface area (Å²) in [6.45, 7) is 10.9. The average molecular weight is 564 g/mol. The van der Waals surface area contributed by atoms with Crippen molar-refractivity contribution in [2.75, 3.05) is 18.6 Å². The molecule has 0 aliphatic heterocycles. The number of carbonyl (C=O) groups excluding carboxylic acids is 2. The van der Waals surface area contributed by atoms with Gasteiger partial charge in [0, 0.05) is 36.0 Å². The Morgan fingerprint density at radius 2 is 1.79 bits per heavy atom. The van der Waals surface area contributed by atoms with Gasteiger partial charge >= 0.3 is 12.1 Å². The fraction of sp³-hybridized carbons (Fsp3) is 0.667. The Morgan fingerprint density at radius 3 is 2.36 bits per heavy atom. The zero-order valence-corrected chi connectivity index (χ0v) is 24.6. The van der Waals surface area contributed by atoms with Gasteiger partial charge in [0.15, 0.2) is 0 Å². The second kappa shape index (κ2) is 10.4. The maximum absolute atomic E-state index is 13.4. The second-order valence-corrected chi connectivity index (χ2v) is 12.9. The number of esters is 1. The number of fused-ring (bicyclic) bond motifs is 4. The molecule has 1 unspecified atom stereocenters. The molecule has 8 nitrogen and oxygen atoms in total. The summed E-state index contributed by atoms with van der Waals surface area (Å²) in [5.41, 5.74) is -2.51. The molecule has 2 saturated carbocycles. The Hall–Kier alpha value is -2.13. The van der Waals surface area contributed by atoms with E-state index >= 15 is 0 Å². The van der Waals surface area contributed by atoms with Gasteiger partial charge in [-0.1, -0.05) is 52.3 Å². The monoisotopic (exact) mass is 563 g/mol. The normalized spacial score (nSPS) is 37.4. The van der Waals surface area contributed by atoms with Crippen molar-refractivity contribution >= 4 is 29.4 Å². The Bertz CT molecular complexity index is 1140. The first-order valence-corrected chi connectivity index (χ1v) is 14.1. The zero-order valence-electron chi connectivity index (χ0n) is 23.8. The van der Waals surface area contributed by atoms with E-state index in [1.54, 1.807) is 51.2 Å². The van der Waals surface area contributed by atoms with E-state index in [1.807, 2.05) is 6.92 Å². The molecule has 2 bridgehead atoms. The minimum atomic E-state index is -2.08. The van der Waals surface area contributed by atoms with Crippen molar-refractivity contribution in [2.45, 2.75) is 78.3 Å². The Kier molecular flexibility index (Phi) is 7.93. The predicted octanol–water partition coefficient (Wildman–Crippen LogP) is 4.58. The van der Waals surface area contributed by atoms with Crippen LogP contribution in [0, 0.1) is 34.5 Å². The van der Waals surface area contributed by atoms with Crippen LogP contribution in [0.25, 0.3) is 0 Å². The SMILES string of the molecule is CC[C@H](OC(=O)N(C)c1ccc(Cl)cc1)[C@@]1(O)[C@H](O)C(COC(C)=O)=C[C@@H]2C(O)[C@]1(C)[C@H](C)C[C@@H]1[C@H]2C1(C)C. The van der Waals surface area contributed by atoms with Crippen molar-refractivity contribution in [1.29, 1.82) is 0 Å². The quantitative estimate of drug-likeness (QED) is 0.342. The van der Waals surface area contributed by atoms with Crippen molar-refractivity contribution in [1.82, 2.24) is 0 Å². The molecule has 0 spiro atoms. The first-order valence-electron chi connectivity index (χ1n) is 13.7. The van der Waals surface area contributed by atoms with E-state index in [1.165, 1.54) is 11.8 Å². The average Bonchev–Trinajstić information content (AvgIpc) is 3.46. The van der Waals surface area contributed by atoms with Crippen LogP contribution in [0.15, 0.2) is 35.9 Å². The van der Waals surface area contributed by atoms with Gasteiger partial charge in [-0.3, -0.25) is 9.69 Å². The number of aliphatic hydroxyl groups is 3. The lowest BCUT2D eigenvalue weighted by Gasteiger charge is -2.55. The van der Waals surface area contributed by atoms with E-state index in [0.29, 0.717) is 22.2 Å². The lowest BCUT2D eigenvalue weighted by molar-refractivity contribution is -0.246. The highest BCUT2D eigenvalue weighted by Gasteiger charge is 2.73. The number of benzene rings is 1. The van der Waals surface area contributed by atoms with Crippen molar-refractivity contribution in [3.63, 3.8) is 0 Å². The molecule has 4 rings (SSSR count). The zero-order chi connectivity index (χ0) is 29.1. The Labute approximate surface area is 235 Å². The molecule has 9 atom stereocenters. The van der Waals surface area contributed by atoms with Gasteiger partial charge in [0.25, 0.3) is 0 Å². The lowest BCUT2D eigenvalue weighted by atomic mass is 9.56. The molecule has 0 saturated heterocycles. The third-order valence-corrected chi connectivity index (χ3v) is 10.5. The number of nitrogens with zero attached hydrogens (tertiary/aromatic N) is 1. The molecule has 0 heterocycles. The largest absolute Gasteiger partial charge is 0.461 e. The highest BCUT2D eigenvalue weighted by molar-refractivity contribution is 6.30. The van der Waals surface area contributed by atoms with E-state index in [0.717, 1.165) is 6.42 Å². The highest BCUT2D eigenvalue weighted by Crippen LogP contribution is 2.71. The molecule has 0 radical (unpaired) electrons. The maximum Gasteiger partial charge on any atom is 0.414 e. The van der Waals surface area contributed by atoms with E-state index in [4.69, 9.17) is 21.1 Å². The molecule has 216 valence electrons. The molecule has 0 aromatic heterocycles. The van der Waals surface area contributed by atoms with Crippen LogP contribution in [0.1, 0.15) is 54.4 Å². The fourth-order valence-corrected chi connectivity index (χ4v) is 7.67. The van der Waals surface area contributed by atoms with Gasteiger partial charge in [0.05, 0.1) is 6.10 Å². The summed E-state index contributed by atoms with van der Waals surface area (Å²) in [6.07, 6.45) is -1.78. The van der Waals surface area contributed by atoms with E-state index in [-0.39, 0.29) is 36.2 Å². The van der Waals surface area contributed by atoms with Gasteiger partial charge in [-0.25, -0.2) is 4.79 Å². The molecule has 3 N–H and O–H groups in total. The molecule has 1 aromatic rings. The van der Waals surface area contributed by atoms with Crippen LogP contribution in [0.4, 0.5) is 10.5 Å². The van der Waals surface area contributed by atoms with E-state index < -0.39 is 41.4 Å². The number of hydrogen-bond donors (Lipinski definition) is 3. The van der Waals surface area contributed by atoms with Gasteiger partial charge in [-0.15, -0.1) is 0 Å². The van der Waals surface area contributed by atoms with Gasteiger partial charge < -0.3 is 24.8 Å². The Morgan fingerprint density at radius 1 is 1.18 bits per heavy atom. The summed E-state index contributed by atoms with van der Waals surface area (Å²) >= 11 is 5.99. The van der Waals surface area contributed by atoms with Gasteiger partial charge in [0.2, 0.25) is 0 Å². The highest BCUT2D eigenvalue weighted by atomic mass is 35.5. The van der Waals surface area contributed by atoms with Crippen LogP contribution in [0.2, 0.25) is 5.02 Å². The Balaban J connectivity index is 1.78. The van der Waals surface area contributed by atoms with Crippen LogP contribution in [-0.2, 0) is 14.3 Å². The molecule has 1 aromatic carbocycles. The fourth-order valence-electron chi connectivity index (χ4n) is 7.55. The topological polar surface area (TPSA) is 117 Å². The summed E-state index contributed by atoms with van der Waals surface area (Å²) in [5.74, 6) is -0.673. The number of halogens is 1. The van der Waals surface area contributed by atoms with E-state index in [2.05, 4.69) is 13.8 Å². The number of amides is 1. The van der Waals surface area contributed by atoms with Gasteiger partial charge in [0.1, 0.15) is 24.4 Å². The molecule has 3 aliphatic carbocycles. The van der Waals surface area contributed by atoms with Crippen LogP contribution in [0.3, 0.4) is 0 Å². The predicted molar refractivity (Wildman–Crippen MR) is 148 cm³/mol. The molecule has 39 heavy (non-hydrogen) atoms. The summed E-state index contributed by atoms with van der Waals surface area (Å²) in [5, 5.41) is 37.2. The first kappa shape index (κ1) is 29.8. The van der Waals surface area contributed by atoms with Crippen LogP contribution < -0.4 is 4.90 Å². The smallest absolute Gasteiger partial charge is 0.414 e. The lowest BCUT2D eigenvalue weighted by Crippen LogP contribution is -2.69. The summed E-state index contributed by atoms with van der Waals surface area (Å²) < 4.78 is 11.2. The standard InChI is InChI=1S/C30H42ClNO7/c1-8-23(39-27(36)32(7)20-11-9-19(31)10-12-20)30(37)25(34)18(15-38-17(3)33)14-21-24-22(28(24,4)5)13-16(2)29(30,6)26(21)35/h9-12,14,16,21-26,34-35,37H,8,13,15H2,1-7H3/t16-,21+,22-,23+,24+,25-,26?,29+,30-/m1/s1. The number of aliphatic hydroxyl groups excluding tert-OH is 2. The van der Waals surface area contributed by atoms with Crippen molar-refractivity contribution in [3.8, 4) is 0 Å². The molecule has 1 amide bonds. The van der Waals surface area contributed by atoms with Crippen molar-refractivity contribution in [2.24, 2.45) is 34.5 Å². The minimum Gasteiger partial charge on any atom is -0.461 e. The number of carbonyl (C=O) groups is 2. The molecule has 3 aliphatic rings. The number of anilines is 1. The van der Waals surface area contributed by atoms with Crippen molar-refractivity contribution < 1.29 is 34.4 Å². The molecular formula is C30H42ClNO7. The molecular weight excluding hydrogens is 522 g/mol. The number of rotatable bonds is 6. The summed E-state index contributed by atoms with van der Waals surface area (Å²) in [4.78, 5) is 26.4. The van der Waals surface area contributed by atoms with Crippen LogP contribution >= 0.6 is 11.6 Å². The first-order chi connectivity index (χ1) is 18.1. The molecule has 2 fully saturated rings. The minimum absolute atomic E-state index is 0.0183. The van der Waals surface area contributed by atoms with Gasteiger partial charge in [-0.2, -0.15) is 0 Å². The summed E-state index contributed by atoms with van der Waals surface area (Å²) in [6, 6.07) is 6.67. The molecule has 9 heteroatoms. The second-order valence-electron chi connectivity index (χ2n) is 12.5. The van der Waals surface area contributed by atoms with Crippen LogP contribution in [0.5, 0.6) is 0 Å². The van der Waals surface area contributed by atoms with Gasteiger partial charge in [-0.05, 0) is 65.8 Å². The number of hydrogen-bond acceptors (Lipinski definition) is 7. The third-order valence-electron chi connectivity index (χ3n) is 10.2. The summed E-state index contributed by atoms with van der Waals surface area (Å²) in [7, 11) is 1.55.